The molecule has 1 aliphatic rings. The van der Waals surface area contributed by atoms with Gasteiger partial charge in [-0.05, 0) is 30.2 Å². The average Bonchev–Trinajstić information content (AvgIpc) is 2.59. The number of benzene rings is 1. The molecule has 10 heteroatoms. The summed E-state index contributed by atoms with van der Waals surface area (Å²) >= 11 is 0. The summed E-state index contributed by atoms with van der Waals surface area (Å²) in [5.41, 5.74) is -1.06. The minimum absolute atomic E-state index is 0.0506. The zero-order chi connectivity index (χ0) is 21.0. The van der Waals surface area contributed by atoms with Crippen LogP contribution in [0.15, 0.2) is 28.7 Å². The van der Waals surface area contributed by atoms with Gasteiger partial charge in [-0.15, -0.1) is 0 Å². The molecule has 152 valence electrons. The van der Waals surface area contributed by atoms with Crippen LogP contribution in [0.4, 0.5) is 13.2 Å². The molecule has 1 heterocycles. The minimum Gasteiger partial charge on any atom is -0.478 e. The Morgan fingerprint density at radius 1 is 1.30 bits per heavy atom. The first-order chi connectivity index (χ1) is 12.4. The maximum Gasteiger partial charge on any atom is 0.430 e. The number of hydrogen-bond donors (Lipinski definition) is 2. The van der Waals surface area contributed by atoms with Gasteiger partial charge >= 0.3 is 12.1 Å². The van der Waals surface area contributed by atoms with Crippen LogP contribution < -0.4 is 9.46 Å². The molecule has 1 aromatic carbocycles. The Hall–Kier alpha value is -2.07. The van der Waals surface area contributed by atoms with Crippen LogP contribution in [0.5, 0.6) is 5.75 Å². The molecular formula is C17H22F3NO5S. The van der Waals surface area contributed by atoms with Crippen molar-refractivity contribution >= 4 is 22.1 Å². The summed E-state index contributed by atoms with van der Waals surface area (Å²) in [6.45, 7) is 7.80. The van der Waals surface area contributed by atoms with Gasteiger partial charge < -0.3 is 9.84 Å². The molecule has 0 aromatic heterocycles. The van der Waals surface area contributed by atoms with Gasteiger partial charge in [0.2, 0.25) is 16.1 Å². The number of sulfonamides is 1. The van der Waals surface area contributed by atoms with Gasteiger partial charge in [0.05, 0.1) is 10.5 Å². The average molecular weight is 409 g/mol. The molecule has 0 spiro atoms. The van der Waals surface area contributed by atoms with Crippen molar-refractivity contribution in [3.63, 3.8) is 0 Å². The Labute approximate surface area is 156 Å². The lowest BCUT2D eigenvalue weighted by molar-refractivity contribution is -0.187. The van der Waals surface area contributed by atoms with E-state index in [9.17, 15) is 26.4 Å². The summed E-state index contributed by atoms with van der Waals surface area (Å²) in [7, 11) is -3.87. The van der Waals surface area contributed by atoms with Gasteiger partial charge in [0.25, 0.3) is 0 Å². The number of alkyl halides is 3. The first-order valence-electron chi connectivity index (χ1n) is 8.24. The number of halogens is 3. The van der Waals surface area contributed by atoms with E-state index in [-0.39, 0.29) is 28.7 Å². The number of hydrogen-bond acceptors (Lipinski definition) is 4. The van der Waals surface area contributed by atoms with E-state index in [1.807, 2.05) is 27.7 Å². The molecule has 0 saturated heterocycles. The van der Waals surface area contributed by atoms with Crippen molar-refractivity contribution in [1.82, 2.24) is 4.72 Å². The number of rotatable bonds is 5. The molecule has 6 nitrogen and oxygen atoms in total. The molecule has 0 saturated carbocycles. The second kappa shape index (κ2) is 8.75. The largest absolute Gasteiger partial charge is 0.478 e. The van der Waals surface area contributed by atoms with Crippen molar-refractivity contribution in [2.75, 3.05) is 6.54 Å². The molecule has 0 radical (unpaired) electrons. The molecule has 0 fully saturated rings. The summed E-state index contributed by atoms with van der Waals surface area (Å²) in [6, 6.07) is 3.26. The molecule has 0 aliphatic carbocycles. The smallest absolute Gasteiger partial charge is 0.430 e. The fraction of sp³-hybridized carbons (Fsp3) is 0.471. The highest BCUT2D eigenvalue weighted by Crippen LogP contribution is 2.38. The molecule has 0 amide bonds. The van der Waals surface area contributed by atoms with Crippen LogP contribution in [0.2, 0.25) is 0 Å². The van der Waals surface area contributed by atoms with E-state index in [0.717, 1.165) is 24.3 Å². The number of aliphatic carboxylic acids is 1. The Balaban J connectivity index is 0.00000176. The monoisotopic (exact) mass is 409 g/mol. The third-order valence-electron chi connectivity index (χ3n) is 3.36. The normalized spacial score (nSPS) is 16.6. The molecule has 2 N–H and O–H groups in total. The third-order valence-corrected chi connectivity index (χ3v) is 4.78. The number of carboxylic acid groups (broad SMARTS) is 1. The van der Waals surface area contributed by atoms with E-state index >= 15 is 0 Å². The van der Waals surface area contributed by atoms with Gasteiger partial charge in [0.1, 0.15) is 5.75 Å². The van der Waals surface area contributed by atoms with E-state index in [0.29, 0.717) is 0 Å². The van der Waals surface area contributed by atoms with Crippen LogP contribution in [-0.2, 0) is 14.8 Å². The fourth-order valence-corrected chi connectivity index (χ4v) is 3.37. The molecule has 1 unspecified atom stereocenters. The van der Waals surface area contributed by atoms with Crippen LogP contribution in [0.25, 0.3) is 6.08 Å². The zero-order valence-electron chi connectivity index (χ0n) is 15.3. The van der Waals surface area contributed by atoms with Gasteiger partial charge in [-0.3, -0.25) is 0 Å². The Morgan fingerprint density at radius 2 is 1.89 bits per heavy atom. The lowest BCUT2D eigenvalue weighted by Crippen LogP contribution is -2.40. The Bertz CT molecular complexity index is 816. The first kappa shape index (κ1) is 23.0. The van der Waals surface area contributed by atoms with Crippen LogP contribution in [0.3, 0.4) is 0 Å². The highest BCUT2D eigenvalue weighted by atomic mass is 32.2. The van der Waals surface area contributed by atoms with Crippen molar-refractivity contribution in [2.45, 2.75) is 44.9 Å². The molecule has 2 rings (SSSR count). The standard InChI is InChI=1S/C15H16F3NO5S.C2H6/c1-8(2)7-19-25(22,23)10-3-4-12-9(5-10)6-11(14(20)21)13(24-12)15(16,17)18;1-2/h3-6,8,13,19H,7H2,1-2H3,(H,20,21);1-2H3. The maximum absolute atomic E-state index is 13.0. The predicted octanol–water partition coefficient (Wildman–Crippen LogP) is 3.44. The van der Waals surface area contributed by atoms with Crippen molar-refractivity contribution in [2.24, 2.45) is 5.92 Å². The summed E-state index contributed by atoms with van der Waals surface area (Å²) < 4.78 is 70.4. The lowest BCUT2D eigenvalue weighted by atomic mass is 10.0. The quantitative estimate of drug-likeness (QED) is 0.777. The Kier molecular flexibility index (Phi) is 7.44. The van der Waals surface area contributed by atoms with Gasteiger partial charge in [0, 0.05) is 12.1 Å². The van der Waals surface area contributed by atoms with Crippen LogP contribution in [0.1, 0.15) is 33.3 Å². The maximum atomic E-state index is 13.0. The van der Waals surface area contributed by atoms with Gasteiger partial charge in [-0.1, -0.05) is 27.7 Å². The fourth-order valence-electron chi connectivity index (χ4n) is 2.12. The zero-order valence-corrected chi connectivity index (χ0v) is 16.1. The van der Waals surface area contributed by atoms with Crippen molar-refractivity contribution < 1.29 is 36.2 Å². The SMILES string of the molecule is CC.CC(C)CNS(=O)(=O)c1ccc2c(c1)C=C(C(=O)O)C(C(F)(F)F)O2. The van der Waals surface area contributed by atoms with Crippen LogP contribution in [0, 0.1) is 5.92 Å². The second-order valence-electron chi connectivity index (χ2n) is 5.89. The molecule has 27 heavy (non-hydrogen) atoms. The van der Waals surface area contributed by atoms with Crippen LogP contribution >= 0.6 is 0 Å². The van der Waals surface area contributed by atoms with E-state index in [1.165, 1.54) is 0 Å². The van der Waals surface area contributed by atoms with Gasteiger partial charge in [-0.25, -0.2) is 17.9 Å². The van der Waals surface area contributed by atoms with E-state index in [2.05, 4.69) is 4.72 Å². The predicted molar refractivity (Wildman–Crippen MR) is 93.9 cm³/mol. The number of fused-ring (bicyclic) bond motifs is 1. The lowest BCUT2D eigenvalue weighted by Gasteiger charge is -2.27. The second-order valence-corrected chi connectivity index (χ2v) is 7.66. The van der Waals surface area contributed by atoms with E-state index in [1.54, 1.807) is 0 Å². The van der Waals surface area contributed by atoms with Crippen molar-refractivity contribution in [1.29, 1.82) is 0 Å². The topological polar surface area (TPSA) is 92.7 Å². The number of carboxylic acids is 1. The summed E-state index contributed by atoms with van der Waals surface area (Å²) in [6.07, 6.45) is -6.74. The number of nitrogens with one attached hydrogen (secondary N) is 1. The molecule has 0 bridgehead atoms. The first-order valence-corrected chi connectivity index (χ1v) is 9.72. The van der Waals surface area contributed by atoms with E-state index in [4.69, 9.17) is 9.84 Å². The van der Waals surface area contributed by atoms with Gasteiger partial charge in [0.15, 0.2) is 0 Å². The molecule has 1 aromatic rings. The molecule has 1 aliphatic heterocycles. The number of ether oxygens (including phenoxy) is 1. The highest BCUT2D eigenvalue weighted by Gasteiger charge is 2.48. The van der Waals surface area contributed by atoms with Crippen molar-refractivity contribution in [3.05, 3.63) is 29.3 Å². The Morgan fingerprint density at radius 3 is 2.37 bits per heavy atom. The van der Waals surface area contributed by atoms with Gasteiger partial charge in [-0.2, -0.15) is 13.2 Å². The molecule has 1 atom stereocenters. The third kappa shape index (κ3) is 5.70. The van der Waals surface area contributed by atoms with Crippen molar-refractivity contribution in [3.8, 4) is 5.75 Å². The summed E-state index contributed by atoms with van der Waals surface area (Å²) in [5.74, 6) is -1.98. The summed E-state index contributed by atoms with van der Waals surface area (Å²) in [4.78, 5) is 10.9. The highest BCUT2D eigenvalue weighted by molar-refractivity contribution is 7.89. The summed E-state index contributed by atoms with van der Waals surface area (Å²) in [5, 5.41) is 8.99. The van der Waals surface area contributed by atoms with E-state index < -0.39 is 33.8 Å². The number of carbonyl (C=O) groups is 1. The van der Waals surface area contributed by atoms with Crippen LogP contribution in [-0.4, -0.2) is 38.3 Å². The molecular weight excluding hydrogens is 387 g/mol. The minimum atomic E-state index is -4.91.